The van der Waals surface area contributed by atoms with Gasteiger partial charge >= 0.3 is 0 Å². The number of nitrogens with zero attached hydrogens (tertiary/aromatic N) is 3. The Morgan fingerprint density at radius 2 is 2.06 bits per heavy atom. The number of halogens is 2. The van der Waals surface area contributed by atoms with Gasteiger partial charge in [-0.15, -0.1) is 11.3 Å². The molecule has 3 aromatic rings. The summed E-state index contributed by atoms with van der Waals surface area (Å²) in [7, 11) is 0. The minimum Gasteiger partial charge on any atom is -0.379 e. The summed E-state index contributed by atoms with van der Waals surface area (Å²) >= 11 is 1.58. The molecule has 2 aliphatic rings. The summed E-state index contributed by atoms with van der Waals surface area (Å²) < 4.78 is 34.1. The van der Waals surface area contributed by atoms with E-state index in [1.165, 1.54) is 17.0 Å². The van der Waals surface area contributed by atoms with E-state index in [4.69, 9.17) is 4.74 Å². The van der Waals surface area contributed by atoms with Crippen LogP contribution in [0.1, 0.15) is 22.4 Å². The highest BCUT2D eigenvalue weighted by Crippen LogP contribution is 2.33. The summed E-state index contributed by atoms with van der Waals surface area (Å²) in [5.74, 6) is -1.10. The standard InChI is InChI=1S/C23H26F2N4O2S/c24-16-2-1-15(19(25)11-16)13-26-17-3-4-18-20(12-17)32-22-21(18)23(30)29(14-27-22)6-5-28-7-9-31-10-8-28/h1-2,11,14,17,26H,3-10,12-13H2/t17-/m1/s1. The van der Waals surface area contributed by atoms with Crippen LogP contribution in [0.25, 0.3) is 10.2 Å². The van der Waals surface area contributed by atoms with E-state index in [0.29, 0.717) is 18.7 Å². The molecule has 1 aliphatic carbocycles. The van der Waals surface area contributed by atoms with Crippen molar-refractivity contribution in [1.82, 2.24) is 19.8 Å². The summed E-state index contributed by atoms with van der Waals surface area (Å²) in [5, 5.41) is 4.15. The Labute approximate surface area is 188 Å². The van der Waals surface area contributed by atoms with Crippen molar-refractivity contribution in [3.8, 4) is 0 Å². The predicted molar refractivity (Wildman–Crippen MR) is 120 cm³/mol. The van der Waals surface area contributed by atoms with Crippen molar-refractivity contribution in [1.29, 1.82) is 0 Å². The fraction of sp³-hybridized carbons (Fsp3) is 0.478. The van der Waals surface area contributed by atoms with E-state index in [0.717, 1.165) is 74.0 Å². The van der Waals surface area contributed by atoms with Gasteiger partial charge in [0.1, 0.15) is 16.5 Å². The molecular weight excluding hydrogens is 434 g/mol. The zero-order valence-electron chi connectivity index (χ0n) is 17.8. The van der Waals surface area contributed by atoms with Crippen LogP contribution in [-0.2, 0) is 30.7 Å². The first-order valence-electron chi connectivity index (χ1n) is 11.1. The average molecular weight is 461 g/mol. The van der Waals surface area contributed by atoms with Crippen molar-refractivity contribution < 1.29 is 13.5 Å². The molecule has 0 bridgehead atoms. The molecule has 1 saturated heterocycles. The van der Waals surface area contributed by atoms with Crippen LogP contribution >= 0.6 is 11.3 Å². The van der Waals surface area contributed by atoms with Gasteiger partial charge in [0.05, 0.1) is 24.9 Å². The van der Waals surface area contributed by atoms with Crippen LogP contribution in [-0.4, -0.2) is 53.3 Å². The van der Waals surface area contributed by atoms with Gasteiger partial charge in [0.25, 0.3) is 5.56 Å². The molecule has 1 atom stereocenters. The van der Waals surface area contributed by atoms with E-state index in [1.54, 1.807) is 22.2 Å². The molecule has 1 aromatic carbocycles. The van der Waals surface area contributed by atoms with Gasteiger partial charge in [-0.3, -0.25) is 14.3 Å². The molecule has 0 saturated carbocycles. The molecule has 32 heavy (non-hydrogen) atoms. The average Bonchev–Trinajstić information content (AvgIpc) is 3.17. The third-order valence-electron chi connectivity index (χ3n) is 6.39. The topological polar surface area (TPSA) is 59.4 Å². The molecule has 6 nitrogen and oxygen atoms in total. The summed E-state index contributed by atoms with van der Waals surface area (Å²) in [6.45, 7) is 5.07. The molecule has 1 N–H and O–H groups in total. The Bertz CT molecular complexity index is 1170. The first-order chi connectivity index (χ1) is 15.6. The lowest BCUT2D eigenvalue weighted by atomic mass is 9.93. The molecule has 2 aromatic heterocycles. The van der Waals surface area contributed by atoms with Crippen LogP contribution in [0, 0.1) is 11.6 Å². The third-order valence-corrected chi connectivity index (χ3v) is 7.56. The quantitative estimate of drug-likeness (QED) is 0.613. The number of nitrogens with one attached hydrogen (secondary N) is 1. The summed E-state index contributed by atoms with van der Waals surface area (Å²) in [5.41, 5.74) is 1.62. The monoisotopic (exact) mass is 460 g/mol. The molecule has 1 aliphatic heterocycles. The van der Waals surface area contributed by atoms with Crippen molar-refractivity contribution in [2.24, 2.45) is 0 Å². The lowest BCUT2D eigenvalue weighted by molar-refractivity contribution is 0.0362. The van der Waals surface area contributed by atoms with Gasteiger partial charge in [-0.2, -0.15) is 0 Å². The number of rotatable bonds is 6. The van der Waals surface area contributed by atoms with Gasteiger partial charge in [0.15, 0.2) is 0 Å². The SMILES string of the molecule is O=c1c2c3c(sc2ncn1CCN1CCOCC1)C[C@H](NCc1ccc(F)cc1F)CC3. The molecule has 0 amide bonds. The number of hydrogen-bond donors (Lipinski definition) is 1. The number of aryl methyl sites for hydroxylation is 1. The minimum atomic E-state index is -0.568. The van der Waals surface area contributed by atoms with Crippen LogP contribution in [0.3, 0.4) is 0 Å². The number of benzene rings is 1. The summed E-state index contributed by atoms with van der Waals surface area (Å²) in [6.07, 6.45) is 4.11. The molecule has 3 heterocycles. The van der Waals surface area contributed by atoms with Crippen LogP contribution in [0.2, 0.25) is 0 Å². The number of aromatic nitrogens is 2. The molecule has 0 radical (unpaired) electrons. The zero-order valence-corrected chi connectivity index (χ0v) is 18.6. The zero-order chi connectivity index (χ0) is 22.1. The molecule has 0 unspecified atom stereocenters. The van der Waals surface area contributed by atoms with Crippen LogP contribution < -0.4 is 10.9 Å². The van der Waals surface area contributed by atoms with E-state index in [-0.39, 0.29) is 11.6 Å². The van der Waals surface area contributed by atoms with Gasteiger partial charge in [-0.05, 0) is 30.9 Å². The Kier molecular flexibility index (Phi) is 6.32. The van der Waals surface area contributed by atoms with Gasteiger partial charge < -0.3 is 10.1 Å². The van der Waals surface area contributed by atoms with Crippen molar-refractivity contribution in [3.63, 3.8) is 0 Å². The maximum atomic E-state index is 13.9. The van der Waals surface area contributed by atoms with E-state index in [9.17, 15) is 13.6 Å². The minimum absolute atomic E-state index is 0.0422. The van der Waals surface area contributed by atoms with Gasteiger partial charge in [-0.25, -0.2) is 13.8 Å². The maximum Gasteiger partial charge on any atom is 0.262 e. The molecule has 170 valence electrons. The Balaban J connectivity index is 1.28. The number of hydrogen-bond acceptors (Lipinski definition) is 6. The molecule has 5 rings (SSSR count). The smallest absolute Gasteiger partial charge is 0.262 e. The highest BCUT2D eigenvalue weighted by atomic mass is 32.1. The molecule has 9 heteroatoms. The third kappa shape index (κ3) is 4.47. The highest BCUT2D eigenvalue weighted by molar-refractivity contribution is 7.18. The first kappa shape index (κ1) is 21.6. The fourth-order valence-corrected chi connectivity index (χ4v) is 5.79. The summed E-state index contributed by atoms with van der Waals surface area (Å²) in [6, 6.07) is 3.86. The van der Waals surface area contributed by atoms with Crippen molar-refractivity contribution >= 4 is 21.6 Å². The number of fused-ring (bicyclic) bond motifs is 3. The normalized spacial score (nSPS) is 19.4. The lowest BCUT2D eigenvalue weighted by Gasteiger charge is -2.26. The van der Waals surface area contributed by atoms with E-state index in [1.807, 2.05) is 0 Å². The summed E-state index contributed by atoms with van der Waals surface area (Å²) in [4.78, 5) is 22.1. The fourth-order valence-electron chi connectivity index (χ4n) is 4.53. The van der Waals surface area contributed by atoms with Crippen molar-refractivity contribution in [2.75, 3.05) is 32.8 Å². The second-order valence-corrected chi connectivity index (χ2v) is 9.52. The predicted octanol–water partition coefficient (Wildman–Crippen LogP) is 2.72. The number of ether oxygens (including phenoxy) is 1. The Morgan fingerprint density at radius 3 is 2.88 bits per heavy atom. The largest absolute Gasteiger partial charge is 0.379 e. The number of thiophene rings is 1. The Hall–Kier alpha value is -2.20. The van der Waals surface area contributed by atoms with Crippen molar-refractivity contribution in [2.45, 2.75) is 38.4 Å². The number of morpholine rings is 1. The maximum absolute atomic E-state index is 13.9. The molecule has 0 spiro atoms. The van der Waals surface area contributed by atoms with Gasteiger partial charge in [0, 0.05) is 55.3 Å². The van der Waals surface area contributed by atoms with Gasteiger partial charge in [-0.1, -0.05) is 6.07 Å². The van der Waals surface area contributed by atoms with Crippen molar-refractivity contribution in [3.05, 3.63) is 62.5 Å². The molecule has 1 fully saturated rings. The first-order valence-corrected chi connectivity index (χ1v) is 11.9. The van der Waals surface area contributed by atoms with E-state index < -0.39 is 11.6 Å². The van der Waals surface area contributed by atoms with Crippen LogP contribution in [0.4, 0.5) is 8.78 Å². The lowest BCUT2D eigenvalue weighted by Crippen LogP contribution is -2.39. The van der Waals surface area contributed by atoms with E-state index in [2.05, 4.69) is 15.2 Å². The molecular formula is C23H26F2N4O2S. The van der Waals surface area contributed by atoms with Crippen LogP contribution in [0.15, 0.2) is 29.3 Å². The second kappa shape index (κ2) is 9.35. The second-order valence-electron chi connectivity index (χ2n) is 8.44. The van der Waals surface area contributed by atoms with Gasteiger partial charge in [0.2, 0.25) is 0 Å². The Morgan fingerprint density at radius 1 is 1.22 bits per heavy atom. The van der Waals surface area contributed by atoms with Crippen LogP contribution in [0.5, 0.6) is 0 Å². The van der Waals surface area contributed by atoms with E-state index >= 15 is 0 Å². The highest BCUT2D eigenvalue weighted by Gasteiger charge is 2.25.